The fraction of sp³-hybridized carbons (Fsp3) is 0.875. The van der Waals surface area contributed by atoms with E-state index in [1.807, 2.05) is 0 Å². The number of carbonyl (C=O) groups is 1. The third kappa shape index (κ3) is 7.15. The summed E-state index contributed by atoms with van der Waals surface area (Å²) in [5, 5.41) is 0. The molecule has 90 valence electrons. The molecule has 0 rings (SSSR count). The van der Waals surface area contributed by atoms with Gasteiger partial charge in [0.05, 0.1) is 18.6 Å². The van der Waals surface area contributed by atoms with Crippen LogP contribution in [0.4, 0.5) is 13.2 Å². The molecular weight excluding hydrogens is 213 g/mol. The Morgan fingerprint density at radius 3 is 2.13 bits per heavy atom. The number of hydrogen-bond acceptors (Lipinski definition) is 3. The van der Waals surface area contributed by atoms with Gasteiger partial charge in [0.2, 0.25) is 5.91 Å². The molecule has 0 spiro atoms. The standard InChI is InChI=1S/C8H15F3N2O2/c1-7(13,6(12)14)2-4-15-5-3-8(9,10)11/h2-5,13H2,1H3,(H2,12,14). The van der Waals surface area contributed by atoms with Crippen LogP contribution in [0.2, 0.25) is 0 Å². The molecule has 0 aliphatic heterocycles. The smallest absolute Gasteiger partial charge is 0.381 e. The van der Waals surface area contributed by atoms with Gasteiger partial charge in [-0.25, -0.2) is 0 Å². The van der Waals surface area contributed by atoms with Crippen molar-refractivity contribution < 1.29 is 22.7 Å². The molecule has 0 saturated carbocycles. The van der Waals surface area contributed by atoms with E-state index in [0.717, 1.165) is 0 Å². The molecule has 0 aromatic rings. The normalized spacial score (nSPS) is 16.1. The summed E-state index contributed by atoms with van der Waals surface area (Å²) < 4.78 is 39.7. The van der Waals surface area contributed by atoms with Gasteiger partial charge in [-0.05, 0) is 13.3 Å². The first kappa shape index (κ1) is 14.2. The van der Waals surface area contributed by atoms with Crippen LogP contribution in [0.1, 0.15) is 19.8 Å². The van der Waals surface area contributed by atoms with Crippen LogP contribution in [0, 0.1) is 0 Å². The lowest BCUT2D eigenvalue weighted by Crippen LogP contribution is -2.50. The molecule has 1 atom stereocenters. The average Bonchev–Trinajstić information content (AvgIpc) is 2.00. The summed E-state index contributed by atoms with van der Waals surface area (Å²) in [7, 11) is 0. The fourth-order valence-corrected chi connectivity index (χ4v) is 0.697. The van der Waals surface area contributed by atoms with Gasteiger partial charge in [0, 0.05) is 6.61 Å². The Labute approximate surface area is 85.7 Å². The molecule has 0 fully saturated rings. The molecule has 0 aromatic heterocycles. The lowest BCUT2D eigenvalue weighted by atomic mass is 9.99. The molecule has 1 amide bonds. The van der Waals surface area contributed by atoms with Gasteiger partial charge in [-0.1, -0.05) is 0 Å². The molecule has 1 unspecified atom stereocenters. The molecule has 15 heavy (non-hydrogen) atoms. The highest BCUT2D eigenvalue weighted by Crippen LogP contribution is 2.19. The molecule has 7 heteroatoms. The number of nitrogens with two attached hydrogens (primary N) is 2. The van der Waals surface area contributed by atoms with Crippen molar-refractivity contribution in [3.8, 4) is 0 Å². The molecule has 0 aromatic carbocycles. The van der Waals surface area contributed by atoms with Gasteiger partial charge in [0.25, 0.3) is 0 Å². The highest BCUT2D eigenvalue weighted by molar-refractivity contribution is 5.83. The molecule has 4 N–H and O–H groups in total. The van der Waals surface area contributed by atoms with Crippen LogP contribution in [-0.2, 0) is 9.53 Å². The Hall–Kier alpha value is -0.820. The summed E-state index contributed by atoms with van der Waals surface area (Å²) >= 11 is 0. The Bertz CT molecular complexity index is 216. The molecular formula is C8H15F3N2O2. The molecule has 0 heterocycles. The van der Waals surface area contributed by atoms with Gasteiger partial charge < -0.3 is 16.2 Å². The first-order valence-electron chi connectivity index (χ1n) is 4.38. The summed E-state index contributed by atoms with van der Waals surface area (Å²) in [6, 6.07) is 0. The predicted octanol–water partition coefficient (Wildman–Crippen LogP) is 0.548. The van der Waals surface area contributed by atoms with E-state index in [4.69, 9.17) is 11.5 Å². The zero-order valence-electron chi connectivity index (χ0n) is 8.43. The van der Waals surface area contributed by atoms with Crippen LogP contribution in [0.25, 0.3) is 0 Å². The van der Waals surface area contributed by atoms with Crippen molar-refractivity contribution in [1.29, 1.82) is 0 Å². The van der Waals surface area contributed by atoms with E-state index in [9.17, 15) is 18.0 Å². The van der Waals surface area contributed by atoms with E-state index in [-0.39, 0.29) is 13.0 Å². The number of alkyl halides is 3. The monoisotopic (exact) mass is 228 g/mol. The minimum Gasteiger partial charge on any atom is -0.381 e. The Morgan fingerprint density at radius 2 is 1.73 bits per heavy atom. The van der Waals surface area contributed by atoms with E-state index < -0.39 is 30.7 Å². The Balaban J connectivity index is 3.60. The maximum Gasteiger partial charge on any atom is 0.391 e. The largest absolute Gasteiger partial charge is 0.391 e. The first-order valence-corrected chi connectivity index (χ1v) is 4.38. The van der Waals surface area contributed by atoms with Crippen LogP contribution in [0.15, 0.2) is 0 Å². The van der Waals surface area contributed by atoms with Crippen molar-refractivity contribution in [2.75, 3.05) is 13.2 Å². The zero-order chi connectivity index (χ0) is 12.1. The van der Waals surface area contributed by atoms with Crippen LogP contribution in [0.5, 0.6) is 0 Å². The Kier molecular flexibility index (Phi) is 5.02. The second-order valence-electron chi connectivity index (χ2n) is 3.51. The number of ether oxygens (including phenoxy) is 1. The summed E-state index contributed by atoms with van der Waals surface area (Å²) in [5.74, 6) is -0.707. The third-order valence-electron chi connectivity index (χ3n) is 1.86. The van der Waals surface area contributed by atoms with E-state index in [2.05, 4.69) is 4.74 Å². The minimum atomic E-state index is -4.23. The zero-order valence-corrected chi connectivity index (χ0v) is 8.43. The minimum absolute atomic E-state index is 0.0218. The summed E-state index contributed by atoms with van der Waals surface area (Å²) in [5.41, 5.74) is 9.17. The highest BCUT2D eigenvalue weighted by atomic mass is 19.4. The number of carbonyl (C=O) groups excluding carboxylic acids is 1. The number of halogens is 3. The maximum atomic E-state index is 11.7. The van der Waals surface area contributed by atoms with E-state index in [1.165, 1.54) is 6.92 Å². The summed E-state index contributed by atoms with van der Waals surface area (Å²) in [6.07, 6.45) is -5.14. The van der Waals surface area contributed by atoms with Crippen molar-refractivity contribution in [1.82, 2.24) is 0 Å². The molecule has 0 bridgehead atoms. The lowest BCUT2D eigenvalue weighted by molar-refractivity contribution is -0.145. The van der Waals surface area contributed by atoms with Gasteiger partial charge in [-0.3, -0.25) is 4.79 Å². The average molecular weight is 228 g/mol. The number of primary amides is 1. The van der Waals surface area contributed by atoms with Crippen molar-refractivity contribution in [3.05, 3.63) is 0 Å². The number of rotatable bonds is 6. The summed E-state index contributed by atoms with van der Waals surface area (Å²) in [6.45, 7) is 0.951. The van der Waals surface area contributed by atoms with Crippen molar-refractivity contribution in [3.63, 3.8) is 0 Å². The fourth-order valence-electron chi connectivity index (χ4n) is 0.697. The van der Waals surface area contributed by atoms with Crippen LogP contribution < -0.4 is 11.5 Å². The topological polar surface area (TPSA) is 78.3 Å². The van der Waals surface area contributed by atoms with Crippen LogP contribution in [-0.4, -0.2) is 30.8 Å². The van der Waals surface area contributed by atoms with Crippen molar-refractivity contribution in [2.24, 2.45) is 11.5 Å². The molecule has 0 saturated heterocycles. The molecule has 0 radical (unpaired) electrons. The first-order chi connectivity index (χ1) is 6.65. The molecule has 0 aliphatic rings. The lowest BCUT2D eigenvalue weighted by Gasteiger charge is -2.20. The Morgan fingerprint density at radius 1 is 1.27 bits per heavy atom. The highest BCUT2D eigenvalue weighted by Gasteiger charge is 2.27. The summed E-state index contributed by atoms with van der Waals surface area (Å²) in [4.78, 5) is 10.7. The van der Waals surface area contributed by atoms with E-state index in [0.29, 0.717) is 0 Å². The maximum absolute atomic E-state index is 11.7. The van der Waals surface area contributed by atoms with Gasteiger partial charge in [-0.15, -0.1) is 0 Å². The van der Waals surface area contributed by atoms with Crippen molar-refractivity contribution >= 4 is 5.91 Å². The second kappa shape index (κ2) is 5.32. The molecule has 0 aliphatic carbocycles. The van der Waals surface area contributed by atoms with Crippen molar-refractivity contribution in [2.45, 2.75) is 31.5 Å². The van der Waals surface area contributed by atoms with Gasteiger partial charge in [-0.2, -0.15) is 13.2 Å². The van der Waals surface area contributed by atoms with Gasteiger partial charge in [0.15, 0.2) is 0 Å². The van der Waals surface area contributed by atoms with Gasteiger partial charge in [0.1, 0.15) is 0 Å². The SMILES string of the molecule is CC(N)(CCOCCC(F)(F)F)C(N)=O. The van der Waals surface area contributed by atoms with E-state index in [1.54, 1.807) is 0 Å². The van der Waals surface area contributed by atoms with Gasteiger partial charge >= 0.3 is 6.18 Å². The third-order valence-corrected chi connectivity index (χ3v) is 1.86. The predicted molar refractivity (Wildman–Crippen MR) is 47.9 cm³/mol. The molecule has 4 nitrogen and oxygen atoms in total. The van der Waals surface area contributed by atoms with Crippen LogP contribution >= 0.6 is 0 Å². The van der Waals surface area contributed by atoms with E-state index >= 15 is 0 Å². The second-order valence-corrected chi connectivity index (χ2v) is 3.51. The van der Waals surface area contributed by atoms with Crippen LogP contribution in [0.3, 0.4) is 0 Å². The number of amides is 1. The quantitative estimate of drug-likeness (QED) is 0.651. The number of hydrogen-bond donors (Lipinski definition) is 2.